The van der Waals surface area contributed by atoms with Crippen molar-refractivity contribution in [1.82, 2.24) is 9.88 Å². The number of methoxy groups -OCH3 is 1. The number of ether oxygens (including phenoxy) is 1. The standard InChI is InChI=1S/C27H26N4O3/c1-19-11-12-22(34-2)21(18-19)31-26(32)24(20-8-4-3-5-9-20)25(27(31)33)30-16-14-29(15-17-30)23-10-6-7-13-28-23/h3-13,18H,14-17H2,1-2H3. The minimum atomic E-state index is -0.331. The second-order valence-electron chi connectivity index (χ2n) is 8.37. The summed E-state index contributed by atoms with van der Waals surface area (Å²) in [7, 11) is 1.54. The molecule has 0 bridgehead atoms. The fourth-order valence-electron chi connectivity index (χ4n) is 4.57. The van der Waals surface area contributed by atoms with Crippen molar-refractivity contribution in [2.24, 2.45) is 0 Å². The molecule has 2 aliphatic rings. The number of rotatable bonds is 5. The molecule has 0 spiro atoms. The first-order valence-electron chi connectivity index (χ1n) is 11.3. The van der Waals surface area contributed by atoms with Gasteiger partial charge in [-0.15, -0.1) is 0 Å². The highest BCUT2D eigenvalue weighted by Gasteiger charge is 2.44. The molecule has 172 valence electrons. The molecule has 2 aromatic carbocycles. The molecule has 3 aromatic rings. The normalized spacial score (nSPS) is 16.5. The summed E-state index contributed by atoms with van der Waals surface area (Å²) in [5.41, 5.74) is 3.01. The number of pyridine rings is 1. The zero-order valence-electron chi connectivity index (χ0n) is 19.3. The van der Waals surface area contributed by atoms with E-state index in [1.165, 1.54) is 4.90 Å². The first kappa shape index (κ1) is 21.7. The van der Waals surface area contributed by atoms with Crippen LogP contribution >= 0.6 is 0 Å². The Morgan fingerprint density at radius 3 is 2.21 bits per heavy atom. The Morgan fingerprint density at radius 2 is 1.53 bits per heavy atom. The molecular formula is C27H26N4O3. The van der Waals surface area contributed by atoms with Gasteiger partial charge in [0, 0.05) is 32.4 Å². The van der Waals surface area contributed by atoms with Gasteiger partial charge < -0.3 is 14.5 Å². The van der Waals surface area contributed by atoms with Crippen LogP contribution in [0, 0.1) is 6.92 Å². The fourth-order valence-corrected chi connectivity index (χ4v) is 4.57. The van der Waals surface area contributed by atoms with Crippen LogP contribution in [0.2, 0.25) is 0 Å². The minimum Gasteiger partial charge on any atom is -0.495 e. The second kappa shape index (κ2) is 9.02. The summed E-state index contributed by atoms with van der Waals surface area (Å²) in [5, 5.41) is 0. The van der Waals surface area contributed by atoms with Crippen LogP contribution in [0.3, 0.4) is 0 Å². The van der Waals surface area contributed by atoms with E-state index in [1.807, 2.05) is 72.5 Å². The average Bonchev–Trinajstić information content (AvgIpc) is 3.14. The molecular weight excluding hydrogens is 428 g/mol. The number of hydrogen-bond acceptors (Lipinski definition) is 6. The average molecular weight is 455 g/mol. The van der Waals surface area contributed by atoms with Gasteiger partial charge in [0.2, 0.25) is 0 Å². The lowest BCUT2D eigenvalue weighted by atomic mass is 10.0. The van der Waals surface area contributed by atoms with Crippen LogP contribution in [0.4, 0.5) is 11.5 Å². The summed E-state index contributed by atoms with van der Waals surface area (Å²) < 4.78 is 5.50. The van der Waals surface area contributed by atoms with E-state index in [0.29, 0.717) is 48.9 Å². The topological polar surface area (TPSA) is 66.0 Å². The Hall–Kier alpha value is -4.13. The van der Waals surface area contributed by atoms with E-state index < -0.39 is 0 Å². The molecule has 2 amide bonds. The number of imide groups is 1. The van der Waals surface area contributed by atoms with E-state index in [1.54, 1.807) is 19.4 Å². The van der Waals surface area contributed by atoms with Crippen LogP contribution in [0.5, 0.6) is 5.75 Å². The molecule has 0 unspecified atom stereocenters. The highest BCUT2D eigenvalue weighted by Crippen LogP contribution is 2.39. The van der Waals surface area contributed by atoms with Crippen LogP contribution < -0.4 is 14.5 Å². The van der Waals surface area contributed by atoms with Gasteiger partial charge in [-0.05, 0) is 42.3 Å². The van der Waals surface area contributed by atoms with Crippen molar-refractivity contribution in [2.75, 3.05) is 43.1 Å². The third-order valence-corrected chi connectivity index (χ3v) is 6.27. The third-order valence-electron chi connectivity index (χ3n) is 6.27. The number of benzene rings is 2. The van der Waals surface area contributed by atoms with Crippen molar-refractivity contribution in [1.29, 1.82) is 0 Å². The van der Waals surface area contributed by atoms with Gasteiger partial charge in [-0.1, -0.05) is 42.5 Å². The lowest BCUT2D eigenvalue weighted by molar-refractivity contribution is -0.120. The predicted molar refractivity (Wildman–Crippen MR) is 132 cm³/mol. The van der Waals surface area contributed by atoms with Gasteiger partial charge in [-0.3, -0.25) is 9.59 Å². The SMILES string of the molecule is COc1ccc(C)cc1N1C(=O)C(c2ccccc2)=C(N2CCN(c3ccccn3)CC2)C1=O. The molecule has 3 heterocycles. The molecule has 1 fully saturated rings. The van der Waals surface area contributed by atoms with Gasteiger partial charge in [0.15, 0.2) is 0 Å². The van der Waals surface area contributed by atoms with Crippen LogP contribution in [-0.4, -0.2) is 55.0 Å². The zero-order valence-corrected chi connectivity index (χ0v) is 19.3. The predicted octanol–water partition coefficient (Wildman–Crippen LogP) is 3.51. The number of amides is 2. The van der Waals surface area contributed by atoms with E-state index in [-0.39, 0.29) is 11.8 Å². The summed E-state index contributed by atoms with van der Waals surface area (Å²) in [6.07, 6.45) is 1.78. The number of piperazine rings is 1. The number of aromatic nitrogens is 1. The summed E-state index contributed by atoms with van der Waals surface area (Å²) in [4.78, 5) is 37.6. The molecule has 7 heteroatoms. The quantitative estimate of drug-likeness (QED) is 0.550. The monoisotopic (exact) mass is 454 g/mol. The lowest BCUT2D eigenvalue weighted by Gasteiger charge is -2.37. The molecule has 2 aliphatic heterocycles. The van der Waals surface area contributed by atoms with Crippen molar-refractivity contribution in [3.05, 3.63) is 89.8 Å². The maximum atomic E-state index is 13.9. The van der Waals surface area contributed by atoms with Gasteiger partial charge in [-0.2, -0.15) is 0 Å². The number of hydrogen-bond donors (Lipinski definition) is 0. The molecule has 0 atom stereocenters. The van der Waals surface area contributed by atoms with Gasteiger partial charge in [0.25, 0.3) is 11.8 Å². The highest BCUT2D eigenvalue weighted by molar-refractivity contribution is 6.45. The summed E-state index contributed by atoms with van der Waals surface area (Å²) in [5.74, 6) is 0.751. The van der Waals surface area contributed by atoms with Crippen molar-refractivity contribution < 1.29 is 14.3 Å². The Kier molecular flexibility index (Phi) is 5.76. The smallest absolute Gasteiger partial charge is 0.282 e. The summed E-state index contributed by atoms with van der Waals surface area (Å²) in [6.45, 7) is 4.56. The number of carbonyl (C=O) groups excluding carboxylic acids is 2. The first-order valence-corrected chi connectivity index (χ1v) is 11.3. The number of carbonyl (C=O) groups is 2. The van der Waals surface area contributed by atoms with Crippen LogP contribution in [0.15, 0.2) is 78.6 Å². The van der Waals surface area contributed by atoms with Crippen LogP contribution in [0.25, 0.3) is 5.57 Å². The van der Waals surface area contributed by atoms with Gasteiger partial charge >= 0.3 is 0 Å². The fraction of sp³-hybridized carbons (Fsp3) is 0.222. The third kappa shape index (κ3) is 3.79. The molecule has 1 saturated heterocycles. The minimum absolute atomic E-state index is 0.320. The Labute approximate surface area is 198 Å². The number of aryl methyl sites for hydroxylation is 1. The summed E-state index contributed by atoms with van der Waals surface area (Å²) in [6, 6.07) is 20.8. The Bertz CT molecular complexity index is 1250. The number of nitrogens with zero attached hydrogens (tertiary/aromatic N) is 4. The second-order valence-corrected chi connectivity index (χ2v) is 8.37. The van der Waals surface area contributed by atoms with Gasteiger partial charge in [-0.25, -0.2) is 9.88 Å². The van der Waals surface area contributed by atoms with Crippen LogP contribution in [0.1, 0.15) is 11.1 Å². The molecule has 0 aliphatic carbocycles. The van der Waals surface area contributed by atoms with Crippen molar-refractivity contribution in [3.8, 4) is 5.75 Å². The molecule has 0 saturated carbocycles. The Balaban J connectivity index is 1.52. The van der Waals surface area contributed by atoms with E-state index in [2.05, 4.69) is 9.88 Å². The van der Waals surface area contributed by atoms with Crippen molar-refractivity contribution >= 4 is 28.9 Å². The molecule has 1 aromatic heterocycles. The van der Waals surface area contributed by atoms with E-state index in [4.69, 9.17) is 4.74 Å². The largest absolute Gasteiger partial charge is 0.495 e. The zero-order chi connectivity index (χ0) is 23.7. The van der Waals surface area contributed by atoms with Crippen molar-refractivity contribution in [3.63, 3.8) is 0 Å². The van der Waals surface area contributed by atoms with E-state index >= 15 is 0 Å². The maximum Gasteiger partial charge on any atom is 0.282 e. The molecule has 7 nitrogen and oxygen atoms in total. The van der Waals surface area contributed by atoms with Gasteiger partial charge in [0.05, 0.1) is 18.4 Å². The number of anilines is 2. The molecule has 5 rings (SSSR count). The lowest BCUT2D eigenvalue weighted by Crippen LogP contribution is -2.48. The van der Waals surface area contributed by atoms with E-state index in [9.17, 15) is 9.59 Å². The molecule has 0 radical (unpaired) electrons. The maximum absolute atomic E-state index is 13.9. The van der Waals surface area contributed by atoms with Gasteiger partial charge in [0.1, 0.15) is 17.3 Å². The van der Waals surface area contributed by atoms with Crippen LogP contribution in [-0.2, 0) is 9.59 Å². The molecule has 0 N–H and O–H groups in total. The first-order chi connectivity index (χ1) is 16.6. The van der Waals surface area contributed by atoms with Crippen molar-refractivity contribution in [2.45, 2.75) is 6.92 Å². The Morgan fingerprint density at radius 1 is 0.824 bits per heavy atom. The molecule has 34 heavy (non-hydrogen) atoms. The highest BCUT2D eigenvalue weighted by atomic mass is 16.5. The summed E-state index contributed by atoms with van der Waals surface area (Å²) >= 11 is 0. The van der Waals surface area contributed by atoms with E-state index in [0.717, 1.165) is 16.9 Å².